The number of ether oxygens (including phenoxy) is 1. The first-order valence-corrected chi connectivity index (χ1v) is 5.52. The maximum Gasteiger partial charge on any atom is 0.243 e. The van der Waals surface area contributed by atoms with Gasteiger partial charge in [-0.15, -0.1) is 0 Å². The number of benzene rings is 1. The van der Waals surface area contributed by atoms with Gasteiger partial charge in [-0.3, -0.25) is 0 Å². The Labute approximate surface area is 124 Å². The number of aliphatic hydroxyl groups excluding tert-OH is 1. The maximum absolute atomic E-state index is 10.1. The minimum Gasteiger partial charge on any atom is -1.00 e. The third kappa shape index (κ3) is 3.71. The van der Waals surface area contributed by atoms with E-state index in [1.54, 1.807) is 7.11 Å². The van der Waals surface area contributed by atoms with E-state index in [9.17, 15) is 5.11 Å². The second kappa shape index (κ2) is 6.75. The molecule has 1 unspecified atom stereocenters. The summed E-state index contributed by atoms with van der Waals surface area (Å²) in [4.78, 5) is 0. The molecule has 0 fully saturated rings. The first-order valence-electron chi connectivity index (χ1n) is 5.52. The van der Waals surface area contributed by atoms with Crippen molar-refractivity contribution < 1.29 is 38.4 Å². The summed E-state index contributed by atoms with van der Waals surface area (Å²) in [6.07, 6.45) is 5.28. The zero-order chi connectivity index (χ0) is 12.3. The van der Waals surface area contributed by atoms with Gasteiger partial charge in [-0.2, -0.15) is 0 Å². The van der Waals surface area contributed by atoms with Crippen LogP contribution in [0.2, 0.25) is 0 Å². The average molecular weight is 360 g/mol. The van der Waals surface area contributed by atoms with Crippen molar-refractivity contribution in [3.63, 3.8) is 0 Å². The van der Waals surface area contributed by atoms with Crippen molar-refractivity contribution >= 4 is 0 Å². The van der Waals surface area contributed by atoms with Gasteiger partial charge in [0.2, 0.25) is 6.33 Å². The molecule has 0 saturated carbocycles. The molecule has 0 radical (unpaired) electrons. The van der Waals surface area contributed by atoms with Crippen molar-refractivity contribution in [2.75, 3.05) is 7.11 Å². The van der Waals surface area contributed by atoms with E-state index < -0.39 is 6.10 Å². The van der Waals surface area contributed by atoms with E-state index >= 15 is 0 Å². The predicted molar refractivity (Wildman–Crippen MR) is 63.6 cm³/mol. The molecule has 2 rings (SSSR count). The van der Waals surface area contributed by atoms with Gasteiger partial charge >= 0.3 is 0 Å². The van der Waals surface area contributed by atoms with Gasteiger partial charge in [0.25, 0.3) is 0 Å². The van der Waals surface area contributed by atoms with Crippen molar-refractivity contribution in [2.45, 2.75) is 12.6 Å². The molecule has 1 aromatic carbocycles. The van der Waals surface area contributed by atoms with E-state index in [1.807, 2.05) is 59.2 Å². The van der Waals surface area contributed by atoms with Crippen LogP contribution in [0.4, 0.5) is 0 Å². The quantitative estimate of drug-likeness (QED) is 0.509. The average Bonchev–Trinajstić information content (AvgIpc) is 2.75. The molecule has 0 aliphatic rings. The number of hydrogen-bond donors (Lipinski definition) is 1. The number of imidazole rings is 1. The highest BCUT2D eigenvalue weighted by Crippen LogP contribution is 2.20. The molecular formula is C13H17IN2O2. The molecule has 0 aliphatic carbocycles. The van der Waals surface area contributed by atoms with Crippen LogP contribution >= 0.6 is 0 Å². The summed E-state index contributed by atoms with van der Waals surface area (Å²) in [6.45, 7) is 0.536. The highest BCUT2D eigenvalue weighted by molar-refractivity contribution is 5.29. The fourth-order valence-electron chi connectivity index (χ4n) is 1.76. The van der Waals surface area contributed by atoms with E-state index in [1.165, 1.54) is 0 Å². The molecule has 0 spiro atoms. The Morgan fingerprint density at radius 2 is 2.22 bits per heavy atom. The molecule has 98 valence electrons. The molecular weight excluding hydrogens is 343 g/mol. The Bertz CT molecular complexity index is 499. The number of aromatic nitrogens is 2. The molecule has 0 amide bonds. The summed E-state index contributed by atoms with van der Waals surface area (Å²) < 4.78 is 9.03. The summed E-state index contributed by atoms with van der Waals surface area (Å²) in [5.41, 5.74) is 0.862. The molecule has 5 heteroatoms. The fraction of sp³-hybridized carbons (Fsp3) is 0.308. The molecule has 1 heterocycles. The Balaban J connectivity index is 0.00000162. The first kappa shape index (κ1) is 15.0. The standard InChI is InChI=1S/C13H17N2O2.HI/c1-14-6-7-15(10-14)9-13(16)11-4-3-5-12(8-11)17-2;/h3-8,10,13,16H,9H2,1-2H3;1H/q+1;/p-1. The summed E-state index contributed by atoms with van der Waals surface area (Å²) >= 11 is 0. The van der Waals surface area contributed by atoms with Crippen molar-refractivity contribution in [3.8, 4) is 5.75 Å². The van der Waals surface area contributed by atoms with E-state index in [-0.39, 0.29) is 24.0 Å². The fourth-order valence-corrected chi connectivity index (χ4v) is 1.76. The molecule has 1 atom stereocenters. The smallest absolute Gasteiger partial charge is 0.243 e. The molecule has 2 aromatic rings. The molecule has 0 saturated heterocycles. The number of aliphatic hydroxyl groups is 1. The largest absolute Gasteiger partial charge is 1.00 e. The molecule has 0 bridgehead atoms. The van der Waals surface area contributed by atoms with Crippen molar-refractivity contribution in [1.29, 1.82) is 0 Å². The third-order valence-corrected chi connectivity index (χ3v) is 2.69. The lowest BCUT2D eigenvalue weighted by Gasteiger charge is -2.09. The van der Waals surface area contributed by atoms with E-state index in [2.05, 4.69) is 0 Å². The Hall–Kier alpha value is -1.08. The lowest BCUT2D eigenvalue weighted by Crippen LogP contribution is -3.00. The van der Waals surface area contributed by atoms with Crippen LogP contribution in [0.1, 0.15) is 11.7 Å². The van der Waals surface area contributed by atoms with Gasteiger partial charge in [0.15, 0.2) is 0 Å². The van der Waals surface area contributed by atoms with Gasteiger partial charge < -0.3 is 33.8 Å². The van der Waals surface area contributed by atoms with Crippen LogP contribution < -0.4 is 33.3 Å². The van der Waals surface area contributed by atoms with Gasteiger partial charge in [0.1, 0.15) is 30.8 Å². The van der Waals surface area contributed by atoms with Crippen molar-refractivity contribution in [2.24, 2.45) is 7.05 Å². The second-order valence-corrected chi connectivity index (χ2v) is 4.07. The molecule has 18 heavy (non-hydrogen) atoms. The first-order chi connectivity index (χ1) is 8.19. The summed E-state index contributed by atoms with van der Waals surface area (Å²) in [7, 11) is 3.58. The second-order valence-electron chi connectivity index (χ2n) is 4.07. The third-order valence-electron chi connectivity index (χ3n) is 2.69. The van der Waals surface area contributed by atoms with Crippen LogP contribution in [0, 0.1) is 0 Å². The highest BCUT2D eigenvalue weighted by Gasteiger charge is 2.12. The van der Waals surface area contributed by atoms with Crippen LogP contribution in [0.15, 0.2) is 43.0 Å². The topological polar surface area (TPSA) is 38.3 Å². The molecule has 1 N–H and O–H groups in total. The van der Waals surface area contributed by atoms with E-state index in [4.69, 9.17) is 4.74 Å². The van der Waals surface area contributed by atoms with Gasteiger partial charge in [0, 0.05) is 0 Å². The van der Waals surface area contributed by atoms with Crippen LogP contribution in [0.5, 0.6) is 5.75 Å². The Kier molecular flexibility index (Phi) is 5.61. The van der Waals surface area contributed by atoms with E-state index in [0.717, 1.165) is 11.3 Å². The normalized spacial score (nSPS) is 11.7. The highest BCUT2D eigenvalue weighted by atomic mass is 127. The number of methoxy groups -OCH3 is 1. The molecule has 0 aliphatic heterocycles. The number of nitrogens with zero attached hydrogens (tertiary/aromatic N) is 2. The SMILES string of the molecule is COc1cccc(C(O)Cn2cc[n+](C)c2)c1.[I-]. The number of hydrogen-bond acceptors (Lipinski definition) is 2. The van der Waals surface area contributed by atoms with Gasteiger partial charge in [0.05, 0.1) is 14.2 Å². The number of aryl methyl sites for hydroxylation is 1. The van der Waals surface area contributed by atoms with Crippen LogP contribution in [0.25, 0.3) is 0 Å². The lowest BCUT2D eigenvalue weighted by molar-refractivity contribution is -0.671. The van der Waals surface area contributed by atoms with Gasteiger partial charge in [-0.05, 0) is 17.7 Å². The van der Waals surface area contributed by atoms with E-state index in [0.29, 0.717) is 6.54 Å². The predicted octanol–water partition coefficient (Wildman–Crippen LogP) is -1.94. The molecule has 4 nitrogen and oxygen atoms in total. The Morgan fingerprint density at radius 1 is 1.44 bits per heavy atom. The molecule has 1 aromatic heterocycles. The summed E-state index contributed by atoms with van der Waals surface area (Å²) in [6, 6.07) is 7.50. The van der Waals surface area contributed by atoms with Crippen LogP contribution in [0.3, 0.4) is 0 Å². The van der Waals surface area contributed by atoms with Crippen molar-refractivity contribution in [3.05, 3.63) is 48.5 Å². The number of rotatable bonds is 4. The lowest BCUT2D eigenvalue weighted by atomic mass is 10.1. The minimum atomic E-state index is -0.530. The number of halogens is 1. The monoisotopic (exact) mass is 360 g/mol. The Morgan fingerprint density at radius 3 is 2.83 bits per heavy atom. The maximum atomic E-state index is 10.1. The van der Waals surface area contributed by atoms with Crippen LogP contribution in [-0.4, -0.2) is 16.8 Å². The zero-order valence-corrected chi connectivity index (χ0v) is 12.6. The minimum absolute atomic E-state index is 0. The van der Waals surface area contributed by atoms with Gasteiger partial charge in [-0.25, -0.2) is 9.13 Å². The summed E-state index contributed by atoms with van der Waals surface area (Å²) in [5, 5.41) is 10.1. The van der Waals surface area contributed by atoms with Crippen LogP contribution in [-0.2, 0) is 13.6 Å². The van der Waals surface area contributed by atoms with Gasteiger partial charge in [-0.1, -0.05) is 12.1 Å². The summed E-state index contributed by atoms with van der Waals surface area (Å²) in [5.74, 6) is 0.764. The van der Waals surface area contributed by atoms with Crippen molar-refractivity contribution in [1.82, 2.24) is 4.57 Å². The zero-order valence-electron chi connectivity index (χ0n) is 10.5.